The average molecular weight is 482 g/mol. The van der Waals surface area contributed by atoms with Crippen molar-refractivity contribution in [2.75, 3.05) is 6.54 Å². The number of rotatable bonds is 3. The second-order valence-corrected chi connectivity index (χ2v) is 8.95. The van der Waals surface area contributed by atoms with Crippen molar-refractivity contribution >= 4 is 40.3 Å². The summed E-state index contributed by atoms with van der Waals surface area (Å²) < 4.78 is 1.79. The highest BCUT2D eigenvalue weighted by molar-refractivity contribution is 6.42. The van der Waals surface area contributed by atoms with E-state index in [1.165, 1.54) is 0 Å². The second kappa shape index (κ2) is 8.57. The van der Waals surface area contributed by atoms with Crippen LogP contribution in [0.15, 0.2) is 65.7 Å². The van der Waals surface area contributed by atoms with Crippen LogP contribution in [0.3, 0.4) is 0 Å². The molecule has 2 aromatic heterocycles. The van der Waals surface area contributed by atoms with Crippen LogP contribution in [0, 0.1) is 0 Å². The second-order valence-electron chi connectivity index (χ2n) is 8.13. The Morgan fingerprint density at radius 3 is 2.61 bits per heavy atom. The van der Waals surface area contributed by atoms with Gasteiger partial charge in [-0.2, -0.15) is 0 Å². The number of primary amides is 1. The Bertz CT molecular complexity index is 1400. The number of aromatic amines is 1. The van der Waals surface area contributed by atoms with E-state index in [-0.39, 0.29) is 17.8 Å². The molecule has 3 N–H and O–H groups in total. The number of benzene rings is 2. The van der Waals surface area contributed by atoms with Crippen LogP contribution < -0.4 is 11.4 Å². The molecule has 2 aromatic carbocycles. The quantitative estimate of drug-likeness (QED) is 0.422. The number of halogens is 2. The number of urea groups is 1. The number of hydrogen-bond donors (Lipinski definition) is 2. The summed E-state index contributed by atoms with van der Waals surface area (Å²) in [5.74, 6) is 0. The van der Waals surface area contributed by atoms with Gasteiger partial charge in [-0.1, -0.05) is 41.4 Å². The van der Waals surface area contributed by atoms with Crippen molar-refractivity contribution in [2.45, 2.75) is 24.9 Å². The number of carbonyl (C=O) groups excluding carboxylic acids is 1. The molecule has 4 aromatic rings. The normalized spacial score (nSPS) is 18.5. The number of nitrogens with one attached hydrogen (secondary N) is 1. The van der Waals surface area contributed by atoms with Gasteiger partial charge in [-0.05, 0) is 54.3 Å². The Hall–Kier alpha value is -3.29. The van der Waals surface area contributed by atoms with Crippen LogP contribution in [-0.4, -0.2) is 32.0 Å². The number of pyridine rings is 1. The molecule has 3 heterocycles. The Morgan fingerprint density at radius 2 is 1.88 bits per heavy atom. The lowest BCUT2D eigenvalue weighted by molar-refractivity contribution is 0.136. The third-order valence-electron chi connectivity index (χ3n) is 6.30. The fourth-order valence-electron chi connectivity index (χ4n) is 4.76. The highest BCUT2D eigenvalue weighted by atomic mass is 35.5. The number of para-hydroxylation sites is 1. The molecular weight excluding hydrogens is 461 g/mol. The third kappa shape index (κ3) is 3.87. The Labute approximate surface area is 199 Å². The minimum absolute atomic E-state index is 0.131. The number of nitrogens with zero attached hydrogens (tertiary/aromatic N) is 3. The minimum Gasteiger partial charge on any atom is -0.351 e. The maximum Gasteiger partial charge on any atom is 0.326 e. The largest absolute Gasteiger partial charge is 0.351 e. The van der Waals surface area contributed by atoms with Gasteiger partial charge in [-0.15, -0.1) is 0 Å². The number of hydrogen-bond acceptors (Lipinski definition) is 3. The maximum absolute atomic E-state index is 13.1. The van der Waals surface area contributed by atoms with Crippen molar-refractivity contribution < 1.29 is 4.79 Å². The molecule has 5 rings (SSSR count). The third-order valence-corrected chi connectivity index (χ3v) is 7.03. The van der Waals surface area contributed by atoms with Crippen molar-refractivity contribution in [2.24, 2.45) is 5.73 Å². The van der Waals surface area contributed by atoms with E-state index < -0.39 is 6.03 Å². The van der Waals surface area contributed by atoms with Crippen LogP contribution in [0.1, 0.15) is 30.5 Å². The van der Waals surface area contributed by atoms with E-state index in [0.29, 0.717) is 29.4 Å². The molecule has 1 saturated heterocycles. The van der Waals surface area contributed by atoms with Gasteiger partial charge in [0.05, 0.1) is 27.1 Å². The lowest BCUT2D eigenvalue weighted by Crippen LogP contribution is -2.45. The van der Waals surface area contributed by atoms with Gasteiger partial charge >= 0.3 is 11.7 Å². The summed E-state index contributed by atoms with van der Waals surface area (Å²) >= 11 is 12.3. The lowest BCUT2D eigenvalue weighted by Gasteiger charge is -2.39. The van der Waals surface area contributed by atoms with E-state index in [0.717, 1.165) is 27.7 Å². The molecule has 7 nitrogen and oxygen atoms in total. The number of nitrogens with two attached hydrogens (primary N) is 1. The zero-order chi connectivity index (χ0) is 23.1. The van der Waals surface area contributed by atoms with Crippen LogP contribution in [0.5, 0.6) is 0 Å². The van der Waals surface area contributed by atoms with Gasteiger partial charge in [0.15, 0.2) is 0 Å². The molecule has 0 saturated carbocycles. The smallest absolute Gasteiger partial charge is 0.326 e. The predicted octanol–water partition coefficient (Wildman–Crippen LogP) is 5.16. The number of fused-ring (bicyclic) bond motifs is 1. The minimum atomic E-state index is -0.504. The van der Waals surface area contributed by atoms with Gasteiger partial charge in [0, 0.05) is 30.5 Å². The van der Waals surface area contributed by atoms with E-state index >= 15 is 0 Å². The van der Waals surface area contributed by atoms with Gasteiger partial charge in [-0.25, -0.2) is 9.59 Å². The van der Waals surface area contributed by atoms with Crippen molar-refractivity contribution in [3.63, 3.8) is 0 Å². The Kier molecular flexibility index (Phi) is 5.60. The van der Waals surface area contributed by atoms with E-state index in [2.05, 4.69) is 9.97 Å². The molecule has 1 aliphatic heterocycles. The van der Waals surface area contributed by atoms with Crippen LogP contribution in [-0.2, 0) is 0 Å². The fourth-order valence-corrected chi connectivity index (χ4v) is 5.07. The van der Waals surface area contributed by atoms with Crippen LogP contribution in [0.2, 0.25) is 10.0 Å². The van der Waals surface area contributed by atoms with Crippen molar-refractivity contribution in [1.82, 2.24) is 19.4 Å². The highest BCUT2D eigenvalue weighted by Gasteiger charge is 2.34. The average Bonchev–Trinajstić information content (AvgIpc) is 3.16. The highest BCUT2D eigenvalue weighted by Crippen LogP contribution is 2.39. The first-order valence-electron chi connectivity index (χ1n) is 10.6. The summed E-state index contributed by atoms with van der Waals surface area (Å²) in [6.07, 6.45) is 4.58. The van der Waals surface area contributed by atoms with E-state index in [1.807, 2.05) is 36.4 Å². The molecule has 2 amide bonds. The summed E-state index contributed by atoms with van der Waals surface area (Å²) in [7, 11) is 0. The van der Waals surface area contributed by atoms with Gasteiger partial charge in [0.25, 0.3) is 0 Å². The van der Waals surface area contributed by atoms with Crippen LogP contribution in [0.25, 0.3) is 22.2 Å². The fraction of sp³-hybridized carbons (Fsp3) is 0.208. The first kappa shape index (κ1) is 21.6. The number of carbonyl (C=O) groups is 1. The molecule has 168 valence electrons. The van der Waals surface area contributed by atoms with Crippen LogP contribution in [0.4, 0.5) is 4.79 Å². The van der Waals surface area contributed by atoms with E-state index in [1.54, 1.807) is 34.0 Å². The summed E-state index contributed by atoms with van der Waals surface area (Å²) in [6.45, 7) is 0.425. The molecule has 1 aliphatic rings. The lowest BCUT2D eigenvalue weighted by atomic mass is 9.91. The van der Waals surface area contributed by atoms with E-state index in [4.69, 9.17) is 28.9 Å². The van der Waals surface area contributed by atoms with Crippen molar-refractivity contribution in [3.8, 4) is 11.1 Å². The number of imidazole rings is 1. The molecule has 0 spiro atoms. The molecule has 0 bridgehead atoms. The molecule has 1 fully saturated rings. The molecule has 2 atom stereocenters. The van der Waals surface area contributed by atoms with Gasteiger partial charge < -0.3 is 15.6 Å². The van der Waals surface area contributed by atoms with Crippen LogP contribution >= 0.6 is 23.2 Å². The number of amides is 2. The summed E-state index contributed by atoms with van der Waals surface area (Å²) in [6, 6.07) is 14.0. The zero-order valence-corrected chi connectivity index (χ0v) is 19.1. The molecule has 2 unspecified atom stereocenters. The van der Waals surface area contributed by atoms with Crippen molar-refractivity contribution in [1.29, 1.82) is 0 Å². The summed E-state index contributed by atoms with van der Waals surface area (Å²) in [5.41, 5.74) is 9.83. The van der Waals surface area contributed by atoms with Gasteiger partial charge in [0.1, 0.15) is 0 Å². The van der Waals surface area contributed by atoms with Crippen molar-refractivity contribution in [3.05, 3.63) is 87.0 Å². The molecular formula is C24H21Cl2N5O2. The molecule has 9 heteroatoms. The van der Waals surface area contributed by atoms with E-state index in [9.17, 15) is 9.59 Å². The first-order chi connectivity index (χ1) is 15.9. The number of aromatic nitrogens is 3. The standard InChI is InChI=1S/C24H21Cl2N5O2/c25-18-5-4-15(12-19(18)26)21-13-16(8-11-30(21)23(27)32)31-20-3-1-2-17(22(20)29-24(31)33)14-6-9-28-10-7-14/h1-7,9-10,12,16,21H,8,11,13H2,(H2,27,32)(H,29,33). The summed E-state index contributed by atoms with van der Waals surface area (Å²) in [5, 5.41) is 0.849. The Morgan fingerprint density at radius 1 is 1.09 bits per heavy atom. The first-order valence-corrected chi connectivity index (χ1v) is 11.3. The topological polar surface area (TPSA) is 97.0 Å². The zero-order valence-electron chi connectivity index (χ0n) is 17.5. The molecule has 0 radical (unpaired) electrons. The molecule has 33 heavy (non-hydrogen) atoms. The maximum atomic E-state index is 13.1. The van der Waals surface area contributed by atoms with Gasteiger partial charge in [-0.3, -0.25) is 9.55 Å². The predicted molar refractivity (Wildman–Crippen MR) is 130 cm³/mol. The SMILES string of the molecule is NC(=O)N1CCC(n2c(=O)[nH]c3c(-c4ccncc4)cccc32)CC1c1ccc(Cl)c(Cl)c1. The number of H-pyrrole nitrogens is 1. The van der Waals surface area contributed by atoms with Gasteiger partial charge in [0.2, 0.25) is 0 Å². The molecule has 0 aliphatic carbocycles. The number of piperidine rings is 1. The monoisotopic (exact) mass is 481 g/mol. The Balaban J connectivity index is 1.57. The number of likely N-dealkylation sites (tertiary alicyclic amines) is 1. The summed E-state index contributed by atoms with van der Waals surface area (Å²) in [4.78, 5) is 34.0.